The smallest absolute Gasteiger partial charge is 0.400 e. The van der Waals surface area contributed by atoms with Gasteiger partial charge in [0.25, 0.3) is 6.01 Å². The van der Waals surface area contributed by atoms with Gasteiger partial charge < -0.3 is 9.47 Å². The van der Waals surface area contributed by atoms with E-state index in [4.69, 9.17) is 0 Å². The summed E-state index contributed by atoms with van der Waals surface area (Å²) >= 11 is 0. The lowest BCUT2D eigenvalue weighted by atomic mass is 10.1. The maximum atomic E-state index is 13.0. The average Bonchev–Trinajstić information content (AvgIpc) is 2.24. The summed E-state index contributed by atoms with van der Waals surface area (Å²) in [6, 6.07) is -2.28. The molecule has 0 aromatic rings. The highest BCUT2D eigenvalue weighted by Crippen LogP contribution is 2.41. The lowest BCUT2D eigenvalue weighted by Crippen LogP contribution is -2.49. The molecule has 21 heavy (non-hydrogen) atoms. The summed E-state index contributed by atoms with van der Waals surface area (Å²) in [5, 5.41) is 0. The van der Waals surface area contributed by atoms with Crippen molar-refractivity contribution >= 4 is 0 Å². The molecule has 0 heterocycles. The summed E-state index contributed by atoms with van der Waals surface area (Å²) in [5.41, 5.74) is 0. The number of ether oxygens (including phenoxy) is 3. The van der Waals surface area contributed by atoms with E-state index in [0.29, 0.717) is 6.42 Å². The Balaban J connectivity index is 4.63. The van der Waals surface area contributed by atoms with Crippen molar-refractivity contribution < 1.29 is 44.9 Å². The fraction of sp³-hybridized carbons (Fsp3) is 0.818. The van der Waals surface area contributed by atoms with Gasteiger partial charge in [-0.1, -0.05) is 20.3 Å². The van der Waals surface area contributed by atoms with Crippen molar-refractivity contribution in [2.24, 2.45) is 5.92 Å². The van der Waals surface area contributed by atoms with Crippen molar-refractivity contribution in [2.45, 2.75) is 38.6 Å². The molecular weight excluding hydrogens is 313 g/mol. The summed E-state index contributed by atoms with van der Waals surface area (Å²) in [6.07, 6.45) is -15.6. The second kappa shape index (κ2) is 7.30. The molecule has 3 nitrogen and oxygen atoms in total. The van der Waals surface area contributed by atoms with Gasteiger partial charge in [-0.25, -0.2) is 4.74 Å². The van der Waals surface area contributed by atoms with Gasteiger partial charge in [-0.2, -0.15) is 30.7 Å². The largest absolute Gasteiger partial charge is 0.495 e. The Morgan fingerprint density at radius 2 is 1.62 bits per heavy atom. The first-order valence-corrected chi connectivity index (χ1v) is 5.77. The van der Waals surface area contributed by atoms with Crippen LogP contribution in [0.4, 0.5) is 30.7 Å². The van der Waals surface area contributed by atoms with Crippen molar-refractivity contribution in [1.29, 1.82) is 0 Å². The lowest BCUT2D eigenvalue weighted by Gasteiger charge is -2.28. The van der Waals surface area contributed by atoms with Gasteiger partial charge in [0.05, 0.1) is 0 Å². The molecule has 126 valence electrons. The molecule has 1 unspecified atom stereocenters. The van der Waals surface area contributed by atoms with E-state index in [1.807, 2.05) is 0 Å². The van der Waals surface area contributed by atoms with Gasteiger partial charge in [0.1, 0.15) is 6.61 Å². The van der Waals surface area contributed by atoms with Crippen LogP contribution in [0.3, 0.4) is 0 Å². The third kappa shape index (κ3) is 6.98. The van der Waals surface area contributed by atoms with Crippen LogP contribution in [-0.4, -0.2) is 31.5 Å². The van der Waals surface area contributed by atoms with Gasteiger partial charge in [-0.3, -0.25) is 0 Å². The molecule has 0 spiro atoms. The monoisotopic (exact) mass is 328 g/mol. The fourth-order valence-corrected chi connectivity index (χ4v) is 0.972. The molecule has 0 fully saturated rings. The summed E-state index contributed by atoms with van der Waals surface area (Å²) in [5.74, 6) is -0.138. The zero-order valence-corrected chi connectivity index (χ0v) is 11.3. The number of rotatable bonds is 10. The molecule has 0 saturated carbocycles. The van der Waals surface area contributed by atoms with Crippen molar-refractivity contribution in [3.8, 4) is 0 Å². The molecule has 0 radical (unpaired) electrons. The highest BCUT2D eigenvalue weighted by atomic mass is 19.3. The maximum absolute atomic E-state index is 13.0. The molecule has 10 heteroatoms. The zero-order valence-electron chi connectivity index (χ0n) is 11.3. The first-order chi connectivity index (χ1) is 9.33. The standard InChI is InChI=1S/C11H15F7O3/c1-4-7(2)5-19-6-9(13,14)21-11(17,18)10(15,16)20-8(3)12/h7H,3-6H2,1-2H3. The minimum Gasteiger partial charge on any atom is -0.400 e. The lowest BCUT2D eigenvalue weighted by molar-refractivity contribution is -0.480. The number of hydrogen-bond acceptors (Lipinski definition) is 3. The first-order valence-electron chi connectivity index (χ1n) is 5.77. The van der Waals surface area contributed by atoms with Gasteiger partial charge in [-0.05, 0) is 12.5 Å². The Bertz CT molecular complexity index is 347. The van der Waals surface area contributed by atoms with Gasteiger partial charge in [0.15, 0.2) is 0 Å². The topological polar surface area (TPSA) is 27.7 Å². The maximum Gasteiger partial charge on any atom is 0.495 e. The first kappa shape index (κ1) is 20.0. The third-order valence-corrected chi connectivity index (χ3v) is 2.22. The minimum atomic E-state index is -5.79. The van der Waals surface area contributed by atoms with Crippen LogP contribution < -0.4 is 0 Å². The van der Waals surface area contributed by atoms with Crippen LogP contribution in [0, 0.1) is 5.92 Å². The third-order valence-electron chi connectivity index (χ3n) is 2.22. The van der Waals surface area contributed by atoms with Crippen LogP contribution in [-0.2, 0) is 14.2 Å². The quantitative estimate of drug-likeness (QED) is 0.442. The van der Waals surface area contributed by atoms with Crippen LogP contribution >= 0.6 is 0 Å². The van der Waals surface area contributed by atoms with Gasteiger partial charge in [0, 0.05) is 6.61 Å². The van der Waals surface area contributed by atoms with Gasteiger partial charge in [-0.15, -0.1) is 0 Å². The molecular formula is C11H15F7O3. The fourth-order valence-electron chi connectivity index (χ4n) is 0.972. The van der Waals surface area contributed by atoms with Crippen LogP contribution in [0.2, 0.25) is 0 Å². The summed E-state index contributed by atoms with van der Waals surface area (Å²) in [6.45, 7) is 3.67. The van der Waals surface area contributed by atoms with E-state index in [-0.39, 0.29) is 12.5 Å². The van der Waals surface area contributed by atoms with E-state index in [2.05, 4.69) is 20.8 Å². The molecule has 0 aliphatic heterocycles. The molecule has 1 atom stereocenters. The van der Waals surface area contributed by atoms with E-state index in [9.17, 15) is 30.7 Å². The predicted molar refractivity (Wildman–Crippen MR) is 57.5 cm³/mol. The highest BCUT2D eigenvalue weighted by molar-refractivity contribution is 4.76. The zero-order chi connectivity index (χ0) is 16.9. The molecule has 0 N–H and O–H groups in total. The van der Waals surface area contributed by atoms with Crippen molar-refractivity contribution in [3.05, 3.63) is 12.6 Å². The van der Waals surface area contributed by atoms with Crippen LogP contribution in [0.25, 0.3) is 0 Å². The Kier molecular flexibility index (Phi) is 6.94. The Labute approximate surface area is 116 Å². The average molecular weight is 328 g/mol. The van der Waals surface area contributed by atoms with Crippen molar-refractivity contribution in [3.63, 3.8) is 0 Å². The van der Waals surface area contributed by atoms with E-state index in [1.54, 1.807) is 13.8 Å². The molecule has 0 aromatic heterocycles. The molecule has 0 aliphatic rings. The Morgan fingerprint density at radius 1 is 1.10 bits per heavy atom. The molecule has 0 aromatic carbocycles. The summed E-state index contributed by atoms with van der Waals surface area (Å²) < 4.78 is 99.1. The van der Waals surface area contributed by atoms with Gasteiger partial charge in [0.2, 0.25) is 0 Å². The molecule has 0 rings (SSSR count). The normalized spacial score (nSPS) is 14.9. The molecule has 0 aliphatic carbocycles. The summed E-state index contributed by atoms with van der Waals surface area (Å²) in [4.78, 5) is 0. The predicted octanol–water partition coefficient (Wildman–Crippen LogP) is 4.30. The number of halogens is 7. The van der Waals surface area contributed by atoms with E-state index in [1.165, 1.54) is 0 Å². The summed E-state index contributed by atoms with van der Waals surface area (Å²) in [7, 11) is 0. The van der Waals surface area contributed by atoms with E-state index in [0.717, 1.165) is 0 Å². The SMILES string of the molecule is C=C(F)OC(F)(F)C(F)(F)OC(F)(F)COCC(C)CC. The van der Waals surface area contributed by atoms with Gasteiger partial charge >= 0.3 is 18.3 Å². The van der Waals surface area contributed by atoms with E-state index >= 15 is 0 Å². The number of hydrogen-bond donors (Lipinski definition) is 0. The van der Waals surface area contributed by atoms with Crippen LogP contribution in [0.15, 0.2) is 12.6 Å². The molecule has 0 saturated heterocycles. The van der Waals surface area contributed by atoms with Crippen molar-refractivity contribution in [2.75, 3.05) is 13.2 Å². The second-order valence-corrected chi connectivity index (χ2v) is 4.26. The Hall–Kier alpha value is -1.03. The van der Waals surface area contributed by atoms with E-state index < -0.39 is 30.9 Å². The second-order valence-electron chi connectivity index (χ2n) is 4.26. The van der Waals surface area contributed by atoms with Crippen molar-refractivity contribution in [1.82, 2.24) is 0 Å². The van der Waals surface area contributed by atoms with Crippen LogP contribution in [0.1, 0.15) is 20.3 Å². The minimum absolute atomic E-state index is 0.138. The Morgan fingerprint density at radius 3 is 2.05 bits per heavy atom. The highest BCUT2D eigenvalue weighted by Gasteiger charge is 2.65. The molecule has 0 bridgehead atoms. The molecule has 0 amide bonds. The number of alkyl halides is 6. The van der Waals surface area contributed by atoms with Crippen LogP contribution in [0.5, 0.6) is 0 Å².